The summed E-state index contributed by atoms with van der Waals surface area (Å²) in [6, 6.07) is 7.43. The molecule has 112 valence electrons. The van der Waals surface area contributed by atoms with Crippen molar-refractivity contribution in [2.75, 3.05) is 10.6 Å². The minimum atomic E-state index is -0.531. The van der Waals surface area contributed by atoms with Crippen LogP contribution in [0.3, 0.4) is 0 Å². The zero-order valence-corrected chi connectivity index (χ0v) is 13.5. The molecule has 0 spiro atoms. The van der Waals surface area contributed by atoms with Gasteiger partial charge in [-0.1, -0.05) is 17.7 Å². The van der Waals surface area contributed by atoms with Gasteiger partial charge in [0.1, 0.15) is 0 Å². The van der Waals surface area contributed by atoms with E-state index < -0.39 is 5.91 Å². The first-order valence-corrected chi connectivity index (χ1v) is 7.83. The number of hydrogen-bond acceptors (Lipinski definition) is 4. The molecule has 0 aliphatic rings. The maximum atomic E-state index is 11.7. The molecule has 0 fully saturated rings. The van der Waals surface area contributed by atoms with Crippen LogP contribution in [-0.4, -0.2) is 11.9 Å². The van der Waals surface area contributed by atoms with Gasteiger partial charge in [-0.3, -0.25) is 4.79 Å². The molecule has 0 bridgehead atoms. The van der Waals surface area contributed by atoms with Crippen LogP contribution in [0.15, 0.2) is 29.6 Å². The number of anilines is 2. The Bertz CT molecular complexity index is 641. The van der Waals surface area contributed by atoms with E-state index in [2.05, 4.69) is 11.0 Å². The van der Waals surface area contributed by atoms with Crippen LogP contribution >= 0.6 is 22.9 Å². The number of nitrogens with zero attached hydrogens (tertiary/aromatic N) is 1. The van der Waals surface area contributed by atoms with E-state index in [9.17, 15) is 4.79 Å². The molecular formula is C15H18ClN3OS. The third-order valence-electron chi connectivity index (χ3n) is 3.17. The molecule has 2 rings (SSSR count). The van der Waals surface area contributed by atoms with Crippen LogP contribution in [0.2, 0.25) is 5.02 Å². The molecule has 1 amide bonds. The Morgan fingerprint density at radius 1 is 1.43 bits per heavy atom. The summed E-state index contributed by atoms with van der Waals surface area (Å²) in [5.41, 5.74) is 12.7. The van der Waals surface area contributed by atoms with Crippen LogP contribution in [0, 0.1) is 0 Å². The van der Waals surface area contributed by atoms with Gasteiger partial charge in [0.05, 0.1) is 22.8 Å². The minimum Gasteiger partial charge on any atom is -0.399 e. The Morgan fingerprint density at radius 3 is 2.67 bits per heavy atom. The van der Waals surface area contributed by atoms with E-state index in [-0.39, 0.29) is 6.04 Å². The monoisotopic (exact) mass is 323 g/mol. The first-order valence-electron chi connectivity index (χ1n) is 6.58. The lowest BCUT2D eigenvalue weighted by molar-refractivity contribution is 0.100. The number of amides is 1. The van der Waals surface area contributed by atoms with Crippen molar-refractivity contribution >= 4 is 40.2 Å². The number of rotatable bonds is 5. The molecule has 4 N–H and O–H groups in total. The van der Waals surface area contributed by atoms with Crippen LogP contribution in [-0.2, 0) is 6.54 Å². The van der Waals surface area contributed by atoms with Crippen LogP contribution in [0.25, 0.3) is 0 Å². The Kier molecular flexibility index (Phi) is 4.75. The SMILES string of the molecule is CC(C)N(Cc1cccs1)c1c(Cl)cc(N)cc1C(N)=O. The second-order valence-electron chi connectivity index (χ2n) is 5.06. The van der Waals surface area contributed by atoms with Gasteiger partial charge in [-0.25, -0.2) is 0 Å². The third-order valence-corrected chi connectivity index (χ3v) is 4.32. The van der Waals surface area contributed by atoms with Gasteiger partial charge in [-0.05, 0) is 37.4 Å². The van der Waals surface area contributed by atoms with Crippen molar-refractivity contribution in [3.05, 3.63) is 45.1 Å². The summed E-state index contributed by atoms with van der Waals surface area (Å²) in [6.45, 7) is 4.76. The number of benzene rings is 1. The lowest BCUT2D eigenvalue weighted by Gasteiger charge is -2.31. The number of primary amides is 1. The number of carbonyl (C=O) groups is 1. The zero-order valence-electron chi connectivity index (χ0n) is 12.0. The zero-order chi connectivity index (χ0) is 15.6. The van der Waals surface area contributed by atoms with E-state index in [1.807, 2.05) is 25.3 Å². The largest absolute Gasteiger partial charge is 0.399 e. The van der Waals surface area contributed by atoms with Gasteiger partial charge in [0.25, 0.3) is 5.91 Å². The molecule has 1 aromatic heterocycles. The molecule has 6 heteroatoms. The van der Waals surface area contributed by atoms with Gasteiger partial charge < -0.3 is 16.4 Å². The van der Waals surface area contributed by atoms with Gasteiger partial charge in [0.2, 0.25) is 0 Å². The lowest BCUT2D eigenvalue weighted by Crippen LogP contribution is -2.32. The van der Waals surface area contributed by atoms with Gasteiger partial charge in [0, 0.05) is 16.6 Å². The normalized spacial score (nSPS) is 10.9. The average molecular weight is 324 g/mol. The maximum absolute atomic E-state index is 11.7. The van der Waals surface area contributed by atoms with Crippen LogP contribution < -0.4 is 16.4 Å². The molecule has 0 atom stereocenters. The molecule has 0 aliphatic heterocycles. The number of nitrogens with two attached hydrogens (primary N) is 2. The van der Waals surface area contributed by atoms with E-state index in [1.165, 1.54) is 4.88 Å². The lowest BCUT2D eigenvalue weighted by atomic mass is 10.1. The predicted octanol–water partition coefficient (Wildman–Crippen LogP) is 3.50. The fourth-order valence-electron chi connectivity index (χ4n) is 2.19. The van der Waals surface area contributed by atoms with Crippen LogP contribution in [0.4, 0.5) is 11.4 Å². The second kappa shape index (κ2) is 6.37. The van der Waals surface area contributed by atoms with E-state index >= 15 is 0 Å². The summed E-state index contributed by atoms with van der Waals surface area (Å²) in [6.07, 6.45) is 0. The van der Waals surface area contributed by atoms with Gasteiger partial charge >= 0.3 is 0 Å². The highest BCUT2D eigenvalue weighted by molar-refractivity contribution is 7.09. The van der Waals surface area contributed by atoms with Crippen molar-refractivity contribution in [3.63, 3.8) is 0 Å². The standard InChI is InChI=1S/C15H18ClN3OS/c1-9(2)19(8-11-4-3-5-21-11)14-12(15(18)20)6-10(17)7-13(14)16/h3-7,9H,8,17H2,1-2H3,(H2,18,20). The van der Waals surface area contributed by atoms with E-state index in [1.54, 1.807) is 23.5 Å². The molecular weight excluding hydrogens is 306 g/mol. The van der Waals surface area contributed by atoms with Crippen molar-refractivity contribution in [3.8, 4) is 0 Å². The number of nitrogen functional groups attached to an aromatic ring is 1. The van der Waals surface area contributed by atoms with E-state index in [0.717, 1.165) is 0 Å². The Balaban J connectivity index is 2.52. The van der Waals surface area contributed by atoms with Gasteiger partial charge in [-0.2, -0.15) is 0 Å². The van der Waals surface area contributed by atoms with E-state index in [0.29, 0.717) is 28.5 Å². The van der Waals surface area contributed by atoms with Crippen molar-refractivity contribution in [1.29, 1.82) is 0 Å². The quantitative estimate of drug-likeness (QED) is 0.827. The highest BCUT2D eigenvalue weighted by atomic mass is 35.5. The molecule has 0 saturated heterocycles. The highest BCUT2D eigenvalue weighted by Crippen LogP contribution is 2.35. The summed E-state index contributed by atoms with van der Waals surface area (Å²) >= 11 is 7.99. The second-order valence-corrected chi connectivity index (χ2v) is 6.50. The average Bonchev–Trinajstić information content (AvgIpc) is 2.88. The van der Waals surface area contributed by atoms with Crippen molar-refractivity contribution < 1.29 is 4.79 Å². The number of halogens is 1. The van der Waals surface area contributed by atoms with Crippen molar-refractivity contribution in [1.82, 2.24) is 0 Å². The Morgan fingerprint density at radius 2 is 2.14 bits per heavy atom. The molecule has 1 aromatic carbocycles. The highest BCUT2D eigenvalue weighted by Gasteiger charge is 2.22. The molecule has 21 heavy (non-hydrogen) atoms. The number of carbonyl (C=O) groups excluding carboxylic acids is 1. The molecule has 0 radical (unpaired) electrons. The Labute approximate surface area is 133 Å². The van der Waals surface area contributed by atoms with Crippen LogP contribution in [0.1, 0.15) is 29.1 Å². The predicted molar refractivity (Wildman–Crippen MR) is 90.0 cm³/mol. The third kappa shape index (κ3) is 3.49. The van der Waals surface area contributed by atoms with Crippen LogP contribution in [0.5, 0.6) is 0 Å². The first-order chi connectivity index (χ1) is 9.90. The molecule has 0 aliphatic carbocycles. The summed E-state index contributed by atoms with van der Waals surface area (Å²) in [4.78, 5) is 15.0. The molecule has 0 unspecified atom stereocenters. The molecule has 1 heterocycles. The molecule has 4 nitrogen and oxygen atoms in total. The van der Waals surface area contributed by atoms with Gasteiger partial charge in [-0.15, -0.1) is 11.3 Å². The number of thiophene rings is 1. The summed E-state index contributed by atoms with van der Waals surface area (Å²) in [5.74, 6) is -0.531. The summed E-state index contributed by atoms with van der Waals surface area (Å²) in [7, 11) is 0. The fourth-order valence-corrected chi connectivity index (χ4v) is 3.23. The first kappa shape index (κ1) is 15.7. The Hall–Kier alpha value is -1.72. The number of hydrogen-bond donors (Lipinski definition) is 2. The topological polar surface area (TPSA) is 72.3 Å². The summed E-state index contributed by atoms with van der Waals surface area (Å²) < 4.78 is 0. The minimum absolute atomic E-state index is 0.159. The van der Waals surface area contributed by atoms with Crippen molar-refractivity contribution in [2.45, 2.75) is 26.4 Å². The molecule has 2 aromatic rings. The van der Waals surface area contributed by atoms with E-state index in [4.69, 9.17) is 23.1 Å². The van der Waals surface area contributed by atoms with Gasteiger partial charge in [0.15, 0.2) is 0 Å². The fraction of sp³-hybridized carbons (Fsp3) is 0.267. The smallest absolute Gasteiger partial charge is 0.250 e. The molecule has 0 saturated carbocycles. The maximum Gasteiger partial charge on any atom is 0.250 e. The summed E-state index contributed by atoms with van der Waals surface area (Å²) in [5, 5.41) is 2.46. The van der Waals surface area contributed by atoms with Crippen molar-refractivity contribution in [2.24, 2.45) is 5.73 Å².